The van der Waals surface area contributed by atoms with E-state index in [2.05, 4.69) is 15.3 Å². The van der Waals surface area contributed by atoms with Crippen molar-refractivity contribution in [1.82, 2.24) is 9.97 Å². The highest BCUT2D eigenvalue weighted by Gasteiger charge is 2.31. The quantitative estimate of drug-likeness (QED) is 0.664. The molecule has 0 radical (unpaired) electrons. The maximum absolute atomic E-state index is 9.45. The van der Waals surface area contributed by atoms with Gasteiger partial charge in [0.15, 0.2) is 5.82 Å². The number of anilines is 2. The van der Waals surface area contributed by atoms with Crippen molar-refractivity contribution >= 4 is 23.4 Å². The largest absolute Gasteiger partial charge is 0.389 e. The van der Waals surface area contributed by atoms with Gasteiger partial charge in [-0.2, -0.15) is 4.98 Å². The Hall–Kier alpha value is -1.11. The van der Waals surface area contributed by atoms with E-state index >= 15 is 0 Å². The Morgan fingerprint density at radius 1 is 1.44 bits per heavy atom. The minimum Gasteiger partial charge on any atom is -0.389 e. The average Bonchev–Trinajstić information content (AvgIpc) is 2.60. The number of nitrogens with one attached hydrogen (secondary N) is 1. The predicted molar refractivity (Wildman–Crippen MR) is 60.8 cm³/mol. The van der Waals surface area contributed by atoms with Crippen LogP contribution in [0.5, 0.6) is 0 Å². The minimum absolute atomic E-state index is 0.320. The molecule has 1 fully saturated rings. The smallest absolute Gasteiger partial charge is 0.224 e. The second-order valence-electron chi connectivity index (χ2n) is 3.65. The van der Waals surface area contributed by atoms with Crippen LogP contribution in [-0.4, -0.2) is 52.5 Å². The van der Waals surface area contributed by atoms with Gasteiger partial charge in [0.05, 0.1) is 18.4 Å². The van der Waals surface area contributed by atoms with Crippen LogP contribution in [-0.2, 0) is 0 Å². The molecule has 0 spiro atoms. The standard InChI is InChI=1S/C9H13ClN4O2/c1-11-9-12-2-5(10)8(13-9)14-3-6(15)7(16)4-14/h2,6-7,15-16H,3-4H2,1H3,(H,11,12,13). The van der Waals surface area contributed by atoms with Crippen LogP contribution in [0.1, 0.15) is 0 Å². The monoisotopic (exact) mass is 244 g/mol. The van der Waals surface area contributed by atoms with Crippen LogP contribution in [0.4, 0.5) is 11.8 Å². The fourth-order valence-electron chi connectivity index (χ4n) is 1.64. The Morgan fingerprint density at radius 3 is 2.62 bits per heavy atom. The third kappa shape index (κ3) is 2.04. The van der Waals surface area contributed by atoms with Crippen LogP contribution in [0, 0.1) is 0 Å². The van der Waals surface area contributed by atoms with Gasteiger partial charge in [-0.25, -0.2) is 4.98 Å². The number of aromatic nitrogens is 2. The summed E-state index contributed by atoms with van der Waals surface area (Å²) in [4.78, 5) is 9.89. The summed E-state index contributed by atoms with van der Waals surface area (Å²) >= 11 is 5.97. The molecule has 16 heavy (non-hydrogen) atoms. The number of aliphatic hydroxyl groups excluding tert-OH is 2. The molecular weight excluding hydrogens is 232 g/mol. The molecule has 7 heteroatoms. The van der Waals surface area contributed by atoms with Crippen molar-refractivity contribution in [2.75, 3.05) is 30.4 Å². The Labute approximate surface area is 97.9 Å². The summed E-state index contributed by atoms with van der Waals surface area (Å²) in [6.07, 6.45) is -0.0274. The van der Waals surface area contributed by atoms with E-state index in [1.807, 2.05) is 0 Å². The lowest BCUT2D eigenvalue weighted by Gasteiger charge is -2.17. The van der Waals surface area contributed by atoms with Crippen molar-refractivity contribution in [3.05, 3.63) is 11.2 Å². The van der Waals surface area contributed by atoms with Crippen molar-refractivity contribution in [1.29, 1.82) is 0 Å². The molecule has 2 rings (SSSR count). The molecule has 1 aromatic rings. The fourth-order valence-corrected chi connectivity index (χ4v) is 1.85. The van der Waals surface area contributed by atoms with E-state index < -0.39 is 12.2 Å². The van der Waals surface area contributed by atoms with Gasteiger partial charge in [-0.15, -0.1) is 0 Å². The first-order chi connectivity index (χ1) is 7.61. The minimum atomic E-state index is -0.760. The van der Waals surface area contributed by atoms with E-state index in [4.69, 9.17) is 11.6 Å². The van der Waals surface area contributed by atoms with Crippen molar-refractivity contribution in [2.45, 2.75) is 12.2 Å². The fraction of sp³-hybridized carbons (Fsp3) is 0.556. The third-order valence-corrected chi connectivity index (χ3v) is 2.77. The molecule has 0 amide bonds. The summed E-state index contributed by atoms with van der Waals surface area (Å²) in [7, 11) is 1.71. The van der Waals surface area contributed by atoms with E-state index in [-0.39, 0.29) is 0 Å². The average molecular weight is 245 g/mol. The third-order valence-electron chi connectivity index (χ3n) is 2.51. The van der Waals surface area contributed by atoms with Gasteiger partial charge in [0.1, 0.15) is 5.02 Å². The number of rotatable bonds is 2. The molecular formula is C9H13ClN4O2. The van der Waals surface area contributed by atoms with Crippen LogP contribution in [0.3, 0.4) is 0 Å². The summed E-state index contributed by atoms with van der Waals surface area (Å²) in [5.74, 6) is 0.979. The van der Waals surface area contributed by atoms with Gasteiger partial charge < -0.3 is 20.4 Å². The molecule has 0 bridgehead atoms. The molecule has 88 valence electrons. The van der Waals surface area contributed by atoms with Gasteiger partial charge in [0, 0.05) is 20.1 Å². The molecule has 0 saturated carbocycles. The first-order valence-corrected chi connectivity index (χ1v) is 5.31. The van der Waals surface area contributed by atoms with Gasteiger partial charge in [-0.05, 0) is 0 Å². The predicted octanol–water partition coefficient (Wildman–Crippen LogP) is -0.287. The van der Waals surface area contributed by atoms with Crippen LogP contribution in [0.15, 0.2) is 6.20 Å². The Balaban J connectivity index is 2.26. The zero-order valence-electron chi connectivity index (χ0n) is 8.76. The van der Waals surface area contributed by atoms with Gasteiger partial charge in [-0.3, -0.25) is 0 Å². The number of halogens is 1. The number of aliphatic hydroxyl groups is 2. The molecule has 0 aliphatic carbocycles. The highest BCUT2D eigenvalue weighted by molar-refractivity contribution is 6.32. The molecule has 1 saturated heterocycles. The molecule has 2 unspecified atom stereocenters. The molecule has 3 N–H and O–H groups in total. The summed E-state index contributed by atoms with van der Waals surface area (Å²) in [5, 5.41) is 22.1. The second-order valence-corrected chi connectivity index (χ2v) is 4.06. The normalized spacial score (nSPS) is 24.9. The number of hydrogen-bond donors (Lipinski definition) is 3. The lowest BCUT2D eigenvalue weighted by molar-refractivity contribution is 0.0572. The van der Waals surface area contributed by atoms with Crippen molar-refractivity contribution in [3.8, 4) is 0 Å². The maximum Gasteiger partial charge on any atom is 0.224 e. The number of β-amino-alcohol motifs (C(OH)–C–C–N with tert-alkyl or cyclic N) is 2. The molecule has 1 aromatic heterocycles. The number of nitrogens with zero attached hydrogens (tertiary/aromatic N) is 3. The molecule has 2 heterocycles. The first-order valence-electron chi connectivity index (χ1n) is 4.93. The van der Waals surface area contributed by atoms with Crippen LogP contribution < -0.4 is 10.2 Å². The van der Waals surface area contributed by atoms with Gasteiger partial charge in [-0.1, -0.05) is 11.6 Å². The summed E-state index contributed by atoms with van der Waals surface area (Å²) in [6.45, 7) is 0.641. The highest BCUT2D eigenvalue weighted by atomic mass is 35.5. The SMILES string of the molecule is CNc1ncc(Cl)c(N2CC(O)C(O)C2)n1. The van der Waals surface area contributed by atoms with E-state index in [0.29, 0.717) is 29.9 Å². The Morgan fingerprint density at radius 2 is 2.06 bits per heavy atom. The van der Waals surface area contributed by atoms with Crippen molar-refractivity contribution in [3.63, 3.8) is 0 Å². The van der Waals surface area contributed by atoms with Gasteiger partial charge >= 0.3 is 0 Å². The van der Waals surface area contributed by atoms with E-state index in [9.17, 15) is 10.2 Å². The zero-order chi connectivity index (χ0) is 11.7. The van der Waals surface area contributed by atoms with E-state index in [1.165, 1.54) is 6.20 Å². The Bertz CT molecular complexity index is 380. The van der Waals surface area contributed by atoms with Crippen LogP contribution in [0.2, 0.25) is 5.02 Å². The summed E-state index contributed by atoms with van der Waals surface area (Å²) < 4.78 is 0. The van der Waals surface area contributed by atoms with Crippen molar-refractivity contribution in [2.24, 2.45) is 0 Å². The maximum atomic E-state index is 9.45. The molecule has 0 aromatic carbocycles. The second kappa shape index (κ2) is 4.40. The molecule has 6 nitrogen and oxygen atoms in total. The molecule has 2 atom stereocenters. The summed E-state index contributed by atoms with van der Waals surface area (Å²) in [5.41, 5.74) is 0. The molecule has 1 aliphatic heterocycles. The summed E-state index contributed by atoms with van der Waals surface area (Å²) in [6, 6.07) is 0. The topological polar surface area (TPSA) is 81.5 Å². The van der Waals surface area contributed by atoms with E-state index in [1.54, 1.807) is 11.9 Å². The van der Waals surface area contributed by atoms with Gasteiger partial charge in [0.2, 0.25) is 5.95 Å². The molecule has 1 aliphatic rings. The zero-order valence-corrected chi connectivity index (χ0v) is 9.52. The van der Waals surface area contributed by atoms with Crippen LogP contribution >= 0.6 is 11.6 Å². The first kappa shape index (κ1) is 11.4. The lowest BCUT2D eigenvalue weighted by atomic mass is 10.3. The van der Waals surface area contributed by atoms with Crippen LogP contribution in [0.25, 0.3) is 0 Å². The highest BCUT2D eigenvalue weighted by Crippen LogP contribution is 2.26. The van der Waals surface area contributed by atoms with Crippen molar-refractivity contribution < 1.29 is 10.2 Å². The van der Waals surface area contributed by atoms with E-state index in [0.717, 1.165) is 0 Å². The Kier molecular flexibility index (Phi) is 3.13. The van der Waals surface area contributed by atoms with Gasteiger partial charge in [0.25, 0.3) is 0 Å². The lowest BCUT2D eigenvalue weighted by Crippen LogP contribution is -2.23. The number of hydrogen-bond acceptors (Lipinski definition) is 6.